The third-order valence-electron chi connectivity index (χ3n) is 5.62. The lowest BCUT2D eigenvalue weighted by Crippen LogP contribution is -2.49. The number of hydrogen-bond acceptors (Lipinski definition) is 3. The van der Waals surface area contributed by atoms with Gasteiger partial charge in [-0.25, -0.2) is 0 Å². The van der Waals surface area contributed by atoms with E-state index in [1.54, 1.807) is 0 Å². The summed E-state index contributed by atoms with van der Waals surface area (Å²) in [5, 5.41) is 0. The lowest BCUT2D eigenvalue weighted by atomic mass is 9.92. The molecule has 0 aromatic heterocycles. The van der Waals surface area contributed by atoms with Gasteiger partial charge in [-0.1, -0.05) is 17.7 Å². The van der Waals surface area contributed by atoms with Crippen molar-refractivity contribution in [2.75, 3.05) is 32.7 Å². The van der Waals surface area contributed by atoms with Crippen molar-refractivity contribution in [2.45, 2.75) is 32.6 Å². The van der Waals surface area contributed by atoms with Crippen molar-refractivity contribution in [1.29, 1.82) is 0 Å². The maximum absolute atomic E-state index is 12.9. The first-order valence-corrected chi connectivity index (χ1v) is 9.43. The number of hydrogen-bond donors (Lipinski definition) is 1. The molecule has 0 radical (unpaired) electrons. The van der Waals surface area contributed by atoms with Gasteiger partial charge in [0.2, 0.25) is 5.91 Å². The minimum atomic E-state index is -0.0578. The molecule has 1 unspecified atom stereocenters. The Morgan fingerprint density at radius 2 is 1.72 bits per heavy atom. The van der Waals surface area contributed by atoms with E-state index in [0.717, 1.165) is 50.9 Å². The van der Waals surface area contributed by atoms with Gasteiger partial charge in [0.05, 0.1) is 5.92 Å². The lowest BCUT2D eigenvalue weighted by Gasteiger charge is -2.37. The minimum absolute atomic E-state index is 0.0411. The van der Waals surface area contributed by atoms with Crippen LogP contribution in [0.5, 0.6) is 0 Å². The standard InChI is InChI=1S/C20H29N3O2/c1-15-4-6-17(7-5-15)19(24)23-10-2-3-18(14-23)20(25)22-11-8-16(13-21)9-12-22/h4-7,16,18H,2-3,8-14,21H2,1H3. The molecule has 5 nitrogen and oxygen atoms in total. The molecular weight excluding hydrogens is 314 g/mol. The highest BCUT2D eigenvalue weighted by molar-refractivity contribution is 5.94. The highest BCUT2D eigenvalue weighted by Gasteiger charge is 2.32. The monoisotopic (exact) mass is 343 g/mol. The summed E-state index contributed by atoms with van der Waals surface area (Å²) in [4.78, 5) is 29.4. The molecule has 0 bridgehead atoms. The van der Waals surface area contributed by atoms with Gasteiger partial charge >= 0.3 is 0 Å². The normalized spacial score (nSPS) is 22.1. The number of carbonyl (C=O) groups excluding carboxylic acids is 2. The van der Waals surface area contributed by atoms with Crippen molar-refractivity contribution in [3.63, 3.8) is 0 Å². The van der Waals surface area contributed by atoms with Gasteiger partial charge in [0.1, 0.15) is 0 Å². The van der Waals surface area contributed by atoms with Crippen LogP contribution < -0.4 is 5.73 Å². The first kappa shape index (κ1) is 17.9. The molecule has 136 valence electrons. The zero-order valence-electron chi connectivity index (χ0n) is 15.1. The zero-order valence-corrected chi connectivity index (χ0v) is 15.1. The molecule has 5 heteroatoms. The van der Waals surface area contributed by atoms with Crippen LogP contribution in [0.15, 0.2) is 24.3 Å². The molecule has 0 saturated carbocycles. The van der Waals surface area contributed by atoms with Gasteiger partial charge in [-0.3, -0.25) is 9.59 Å². The Bertz CT molecular complexity index is 606. The minimum Gasteiger partial charge on any atom is -0.342 e. The van der Waals surface area contributed by atoms with Crippen LogP contribution >= 0.6 is 0 Å². The van der Waals surface area contributed by atoms with Gasteiger partial charge in [-0.2, -0.15) is 0 Å². The van der Waals surface area contributed by atoms with Crippen LogP contribution in [0.2, 0.25) is 0 Å². The molecule has 2 fully saturated rings. The number of likely N-dealkylation sites (tertiary alicyclic amines) is 2. The largest absolute Gasteiger partial charge is 0.342 e. The van der Waals surface area contributed by atoms with E-state index < -0.39 is 0 Å². The Hall–Kier alpha value is -1.88. The Kier molecular flexibility index (Phi) is 5.74. The number of carbonyl (C=O) groups is 2. The summed E-state index contributed by atoms with van der Waals surface area (Å²) >= 11 is 0. The fourth-order valence-electron chi connectivity index (χ4n) is 3.89. The Morgan fingerprint density at radius 3 is 2.36 bits per heavy atom. The number of amides is 2. The third kappa shape index (κ3) is 4.21. The van der Waals surface area contributed by atoms with E-state index >= 15 is 0 Å². The van der Waals surface area contributed by atoms with E-state index in [9.17, 15) is 9.59 Å². The lowest BCUT2D eigenvalue weighted by molar-refractivity contribution is -0.138. The van der Waals surface area contributed by atoms with Crippen molar-refractivity contribution >= 4 is 11.8 Å². The Morgan fingerprint density at radius 1 is 1.04 bits per heavy atom. The highest BCUT2D eigenvalue weighted by Crippen LogP contribution is 2.24. The number of nitrogens with zero attached hydrogens (tertiary/aromatic N) is 2. The smallest absolute Gasteiger partial charge is 0.253 e. The van der Waals surface area contributed by atoms with Gasteiger partial charge in [0.25, 0.3) is 5.91 Å². The Labute approximate surface area is 150 Å². The fourth-order valence-corrected chi connectivity index (χ4v) is 3.89. The first-order valence-electron chi connectivity index (χ1n) is 9.43. The zero-order chi connectivity index (χ0) is 17.8. The quantitative estimate of drug-likeness (QED) is 0.913. The van der Waals surface area contributed by atoms with E-state index in [-0.39, 0.29) is 17.7 Å². The van der Waals surface area contributed by atoms with Gasteiger partial charge < -0.3 is 15.5 Å². The molecule has 2 amide bonds. The van der Waals surface area contributed by atoms with Gasteiger partial charge in [-0.05, 0) is 57.2 Å². The molecule has 3 rings (SSSR count). The first-order chi connectivity index (χ1) is 12.1. The van der Waals surface area contributed by atoms with Crippen LogP contribution in [0.3, 0.4) is 0 Å². The van der Waals surface area contributed by atoms with Crippen molar-refractivity contribution in [3.8, 4) is 0 Å². The predicted molar refractivity (Wildman–Crippen MR) is 98.2 cm³/mol. The second kappa shape index (κ2) is 8.00. The molecule has 1 atom stereocenters. The number of rotatable bonds is 3. The van der Waals surface area contributed by atoms with Crippen LogP contribution in [0.1, 0.15) is 41.6 Å². The summed E-state index contributed by atoms with van der Waals surface area (Å²) in [5.74, 6) is 0.754. The number of benzene rings is 1. The van der Waals surface area contributed by atoms with Gasteiger partial charge in [0.15, 0.2) is 0 Å². The van der Waals surface area contributed by atoms with Crippen molar-refractivity contribution in [1.82, 2.24) is 9.80 Å². The molecule has 2 aliphatic rings. The average Bonchev–Trinajstić information content (AvgIpc) is 2.67. The summed E-state index contributed by atoms with van der Waals surface area (Å²) in [6.07, 6.45) is 3.78. The highest BCUT2D eigenvalue weighted by atomic mass is 16.2. The van der Waals surface area contributed by atoms with Crippen molar-refractivity contribution in [2.24, 2.45) is 17.6 Å². The summed E-state index contributed by atoms with van der Waals surface area (Å²) in [7, 11) is 0. The van der Waals surface area contributed by atoms with Crippen LogP contribution in [0.25, 0.3) is 0 Å². The van der Waals surface area contributed by atoms with E-state index in [2.05, 4.69) is 0 Å². The van der Waals surface area contributed by atoms with E-state index in [4.69, 9.17) is 5.73 Å². The van der Waals surface area contributed by atoms with Crippen LogP contribution in [-0.2, 0) is 4.79 Å². The SMILES string of the molecule is Cc1ccc(C(=O)N2CCCC(C(=O)N3CCC(CN)CC3)C2)cc1. The molecule has 2 N–H and O–H groups in total. The van der Waals surface area contributed by atoms with E-state index in [1.807, 2.05) is 41.0 Å². The predicted octanol–water partition coefficient (Wildman–Crippen LogP) is 2.04. The maximum atomic E-state index is 12.9. The summed E-state index contributed by atoms with van der Waals surface area (Å²) in [6.45, 7) is 5.63. The van der Waals surface area contributed by atoms with Crippen molar-refractivity contribution < 1.29 is 9.59 Å². The molecule has 2 aliphatic heterocycles. The van der Waals surface area contributed by atoms with Gasteiger partial charge in [0, 0.05) is 31.7 Å². The summed E-state index contributed by atoms with van der Waals surface area (Å²) in [5.41, 5.74) is 7.59. The third-order valence-corrected chi connectivity index (χ3v) is 5.62. The van der Waals surface area contributed by atoms with E-state index in [1.165, 1.54) is 0 Å². The van der Waals surface area contributed by atoms with Crippen molar-refractivity contribution in [3.05, 3.63) is 35.4 Å². The van der Waals surface area contributed by atoms with Crippen LogP contribution in [-0.4, -0.2) is 54.3 Å². The topological polar surface area (TPSA) is 66.6 Å². The molecule has 1 aromatic rings. The molecular formula is C20H29N3O2. The van der Waals surface area contributed by atoms with Crippen LogP contribution in [0.4, 0.5) is 0 Å². The average molecular weight is 343 g/mol. The fraction of sp³-hybridized carbons (Fsp3) is 0.600. The number of aryl methyl sites for hydroxylation is 1. The molecule has 0 aliphatic carbocycles. The maximum Gasteiger partial charge on any atom is 0.253 e. The number of piperidine rings is 2. The van der Waals surface area contributed by atoms with E-state index in [0.29, 0.717) is 24.6 Å². The van der Waals surface area contributed by atoms with Crippen LogP contribution in [0, 0.1) is 18.8 Å². The molecule has 2 heterocycles. The molecule has 2 saturated heterocycles. The second-order valence-corrected chi connectivity index (χ2v) is 7.46. The molecule has 25 heavy (non-hydrogen) atoms. The van der Waals surface area contributed by atoms with Gasteiger partial charge in [-0.15, -0.1) is 0 Å². The second-order valence-electron chi connectivity index (χ2n) is 7.46. The molecule has 1 aromatic carbocycles. The Balaban J connectivity index is 1.60. The summed E-state index contributed by atoms with van der Waals surface area (Å²) < 4.78 is 0. The molecule has 0 spiro atoms. The number of nitrogens with two attached hydrogens (primary N) is 1. The summed E-state index contributed by atoms with van der Waals surface area (Å²) in [6, 6.07) is 7.67.